The van der Waals surface area contributed by atoms with E-state index < -0.39 is 11.7 Å². The quantitative estimate of drug-likeness (QED) is 0.666. The van der Waals surface area contributed by atoms with Crippen molar-refractivity contribution in [1.29, 1.82) is 0 Å². The van der Waals surface area contributed by atoms with Crippen LogP contribution >= 0.6 is 0 Å². The van der Waals surface area contributed by atoms with Crippen molar-refractivity contribution >= 4 is 5.82 Å². The molecule has 0 spiro atoms. The topological polar surface area (TPSA) is 60.2 Å². The second-order valence-corrected chi connectivity index (χ2v) is 4.28. The van der Waals surface area contributed by atoms with Crippen molar-refractivity contribution < 1.29 is 17.9 Å². The number of hydrogen-bond donors (Lipinski definition) is 2. The third-order valence-corrected chi connectivity index (χ3v) is 2.85. The Balaban J connectivity index is 2.39. The van der Waals surface area contributed by atoms with Gasteiger partial charge < -0.3 is 10.2 Å². The fourth-order valence-electron chi connectivity index (χ4n) is 1.80. The highest BCUT2D eigenvalue weighted by Gasteiger charge is 2.32. The molecule has 7 heteroatoms. The molecule has 0 amide bonds. The molecule has 1 aromatic carbocycles. The summed E-state index contributed by atoms with van der Waals surface area (Å²) in [6.07, 6.45) is -3.81. The van der Waals surface area contributed by atoms with E-state index in [-0.39, 0.29) is 11.7 Å². The maximum Gasteiger partial charge on any atom is 0.416 e. The van der Waals surface area contributed by atoms with Gasteiger partial charge in [0.15, 0.2) is 0 Å². The van der Waals surface area contributed by atoms with E-state index >= 15 is 0 Å². The lowest BCUT2D eigenvalue weighted by Gasteiger charge is -2.13. The number of nitrogen functional groups attached to an aromatic ring is 1. The van der Waals surface area contributed by atoms with E-state index in [2.05, 4.69) is 10.4 Å². The Labute approximate surface area is 119 Å². The fourth-order valence-corrected chi connectivity index (χ4v) is 1.80. The number of halogens is 3. The fraction of sp³-hybridized carbons (Fsp3) is 0.214. The maximum atomic E-state index is 12.8. The van der Waals surface area contributed by atoms with Gasteiger partial charge in [-0.25, -0.2) is 5.84 Å². The van der Waals surface area contributed by atoms with Crippen molar-refractivity contribution in [3.05, 3.63) is 47.5 Å². The minimum absolute atomic E-state index is 0.117. The van der Waals surface area contributed by atoms with E-state index in [1.807, 2.05) is 19.1 Å². The number of hydrazine groups is 1. The van der Waals surface area contributed by atoms with Gasteiger partial charge in [0.1, 0.15) is 11.6 Å². The third kappa shape index (κ3) is 3.63. The lowest BCUT2D eigenvalue weighted by atomic mass is 10.1. The number of rotatable bonds is 4. The van der Waals surface area contributed by atoms with Crippen LogP contribution in [0.2, 0.25) is 0 Å². The van der Waals surface area contributed by atoms with E-state index in [4.69, 9.17) is 10.6 Å². The number of nitrogens with two attached hydrogens (primary N) is 1. The summed E-state index contributed by atoms with van der Waals surface area (Å²) >= 11 is 0. The van der Waals surface area contributed by atoms with Crippen LogP contribution in [-0.4, -0.2) is 4.98 Å². The number of nitrogens with zero attached hydrogens (tertiary/aromatic N) is 1. The standard InChI is InChI=1S/C14H14F3N3O/c1-2-9-5-3-4-6-11(9)21-13-8-10(14(15,16)17)7-12(19-13)20-18/h3-8H,2,18H2,1H3,(H,19,20). The Kier molecular flexibility index (Phi) is 4.32. The summed E-state index contributed by atoms with van der Waals surface area (Å²) < 4.78 is 43.9. The summed E-state index contributed by atoms with van der Waals surface area (Å²) in [6.45, 7) is 1.93. The molecular weight excluding hydrogens is 283 g/mol. The van der Waals surface area contributed by atoms with Crippen LogP contribution in [0.15, 0.2) is 36.4 Å². The van der Waals surface area contributed by atoms with Gasteiger partial charge in [-0.3, -0.25) is 0 Å². The first-order chi connectivity index (χ1) is 9.94. The number of alkyl halides is 3. The summed E-state index contributed by atoms with van der Waals surface area (Å²) in [4.78, 5) is 3.88. The number of pyridine rings is 1. The molecule has 21 heavy (non-hydrogen) atoms. The average molecular weight is 297 g/mol. The molecule has 0 saturated carbocycles. The van der Waals surface area contributed by atoms with Crippen molar-refractivity contribution in [1.82, 2.24) is 4.98 Å². The molecule has 4 nitrogen and oxygen atoms in total. The van der Waals surface area contributed by atoms with Gasteiger partial charge in [-0.2, -0.15) is 18.2 Å². The van der Waals surface area contributed by atoms with Crippen molar-refractivity contribution in [3.8, 4) is 11.6 Å². The first kappa shape index (κ1) is 15.1. The number of para-hydroxylation sites is 1. The van der Waals surface area contributed by atoms with E-state index in [0.717, 1.165) is 17.7 Å². The summed E-state index contributed by atoms with van der Waals surface area (Å²) in [5.74, 6) is 5.33. The second-order valence-electron chi connectivity index (χ2n) is 4.28. The van der Waals surface area contributed by atoms with Gasteiger partial charge in [0, 0.05) is 6.07 Å². The van der Waals surface area contributed by atoms with Gasteiger partial charge in [0.25, 0.3) is 0 Å². The molecule has 112 valence electrons. The molecule has 0 aliphatic rings. The molecule has 0 saturated heterocycles. The maximum absolute atomic E-state index is 12.8. The number of benzene rings is 1. The first-order valence-corrected chi connectivity index (χ1v) is 6.25. The van der Waals surface area contributed by atoms with Crippen LogP contribution in [0, 0.1) is 0 Å². The zero-order chi connectivity index (χ0) is 15.5. The minimum atomic E-state index is -4.50. The van der Waals surface area contributed by atoms with Crippen LogP contribution in [0.4, 0.5) is 19.0 Å². The molecule has 3 N–H and O–H groups in total. The molecule has 0 radical (unpaired) electrons. The SMILES string of the molecule is CCc1ccccc1Oc1cc(C(F)(F)F)cc(NN)n1. The van der Waals surface area contributed by atoms with Crippen molar-refractivity contribution in [2.75, 3.05) is 5.43 Å². The molecule has 0 bridgehead atoms. The summed E-state index contributed by atoms with van der Waals surface area (Å²) in [5, 5.41) is 0. The van der Waals surface area contributed by atoms with Gasteiger partial charge in [-0.15, -0.1) is 0 Å². The zero-order valence-corrected chi connectivity index (χ0v) is 11.2. The second kappa shape index (κ2) is 6.01. The molecule has 0 aliphatic heterocycles. The largest absolute Gasteiger partial charge is 0.439 e. The van der Waals surface area contributed by atoms with Crippen molar-refractivity contribution in [2.24, 2.45) is 5.84 Å². The van der Waals surface area contributed by atoms with Crippen LogP contribution in [0.5, 0.6) is 11.6 Å². The number of aryl methyl sites for hydroxylation is 1. The molecular formula is C14H14F3N3O. The number of aromatic nitrogens is 1. The van der Waals surface area contributed by atoms with Crippen LogP contribution in [0.1, 0.15) is 18.1 Å². The predicted octanol–water partition coefficient (Wildman–Crippen LogP) is 3.74. The number of hydrogen-bond acceptors (Lipinski definition) is 4. The molecule has 2 aromatic rings. The van der Waals surface area contributed by atoms with Crippen LogP contribution < -0.4 is 16.0 Å². The normalized spacial score (nSPS) is 11.3. The Bertz CT molecular complexity index is 629. The lowest BCUT2D eigenvalue weighted by Crippen LogP contribution is -2.12. The molecule has 0 unspecified atom stereocenters. The van der Waals surface area contributed by atoms with Crippen molar-refractivity contribution in [3.63, 3.8) is 0 Å². The van der Waals surface area contributed by atoms with E-state index in [0.29, 0.717) is 12.2 Å². The highest BCUT2D eigenvalue weighted by molar-refractivity contribution is 5.44. The summed E-state index contributed by atoms with van der Waals surface area (Å²) in [5.41, 5.74) is 2.10. The molecule has 0 atom stereocenters. The Hall–Kier alpha value is -2.28. The van der Waals surface area contributed by atoms with Gasteiger partial charge >= 0.3 is 6.18 Å². The van der Waals surface area contributed by atoms with E-state index in [1.165, 1.54) is 0 Å². The third-order valence-electron chi connectivity index (χ3n) is 2.85. The summed E-state index contributed by atoms with van der Waals surface area (Å²) in [6, 6.07) is 8.75. The van der Waals surface area contributed by atoms with Gasteiger partial charge in [-0.05, 0) is 24.1 Å². The van der Waals surface area contributed by atoms with E-state index in [1.54, 1.807) is 12.1 Å². The highest BCUT2D eigenvalue weighted by atomic mass is 19.4. The molecule has 2 rings (SSSR count). The van der Waals surface area contributed by atoms with Crippen molar-refractivity contribution in [2.45, 2.75) is 19.5 Å². The average Bonchev–Trinajstić information content (AvgIpc) is 2.46. The molecule has 0 fully saturated rings. The Morgan fingerprint density at radius 3 is 2.57 bits per heavy atom. The molecule has 0 aliphatic carbocycles. The molecule has 1 heterocycles. The Morgan fingerprint density at radius 1 is 1.24 bits per heavy atom. The van der Waals surface area contributed by atoms with Crippen LogP contribution in [-0.2, 0) is 12.6 Å². The lowest BCUT2D eigenvalue weighted by molar-refractivity contribution is -0.137. The Morgan fingerprint density at radius 2 is 1.95 bits per heavy atom. The summed E-state index contributed by atoms with van der Waals surface area (Å²) in [7, 11) is 0. The smallest absolute Gasteiger partial charge is 0.416 e. The van der Waals surface area contributed by atoms with Gasteiger partial charge in [0.2, 0.25) is 5.88 Å². The minimum Gasteiger partial charge on any atom is -0.439 e. The van der Waals surface area contributed by atoms with Crippen LogP contribution in [0.25, 0.3) is 0 Å². The number of nitrogens with one attached hydrogen (secondary N) is 1. The van der Waals surface area contributed by atoms with Crippen LogP contribution in [0.3, 0.4) is 0 Å². The first-order valence-electron chi connectivity index (χ1n) is 6.25. The van der Waals surface area contributed by atoms with Gasteiger partial charge in [-0.1, -0.05) is 25.1 Å². The zero-order valence-electron chi connectivity index (χ0n) is 11.2. The predicted molar refractivity (Wildman–Crippen MR) is 72.9 cm³/mol. The monoisotopic (exact) mass is 297 g/mol. The van der Waals surface area contributed by atoms with E-state index in [9.17, 15) is 13.2 Å². The molecule has 1 aromatic heterocycles. The highest BCUT2D eigenvalue weighted by Crippen LogP contribution is 2.34. The number of ether oxygens (including phenoxy) is 1. The number of anilines is 1. The van der Waals surface area contributed by atoms with Gasteiger partial charge in [0.05, 0.1) is 5.56 Å².